The fourth-order valence-electron chi connectivity index (χ4n) is 4.44. The Balaban J connectivity index is 1.55. The fourth-order valence-corrected chi connectivity index (χ4v) is 4.44. The van der Waals surface area contributed by atoms with E-state index in [2.05, 4.69) is 38.9 Å². The first-order valence-corrected chi connectivity index (χ1v) is 11.6. The number of carbonyl (C=O) groups is 1. The molecular weight excluding hydrogens is 426 g/mol. The highest BCUT2D eigenvalue weighted by Gasteiger charge is 2.23. The second kappa shape index (κ2) is 9.47. The van der Waals surface area contributed by atoms with Crippen LogP contribution < -0.4 is 10.1 Å². The van der Waals surface area contributed by atoms with Gasteiger partial charge < -0.3 is 10.1 Å². The summed E-state index contributed by atoms with van der Waals surface area (Å²) in [6, 6.07) is 20.1. The lowest BCUT2D eigenvalue weighted by Gasteiger charge is -2.19. The van der Waals surface area contributed by atoms with Gasteiger partial charge in [-0.2, -0.15) is 5.21 Å². The molecule has 1 atom stereocenters. The van der Waals surface area contributed by atoms with Crippen molar-refractivity contribution in [1.82, 2.24) is 20.6 Å². The molecule has 5 rings (SSSR count). The number of H-pyrrole nitrogens is 1. The van der Waals surface area contributed by atoms with E-state index in [-0.39, 0.29) is 5.91 Å². The largest absolute Gasteiger partial charge is 0.491 e. The van der Waals surface area contributed by atoms with Gasteiger partial charge in [0.05, 0.1) is 18.7 Å². The summed E-state index contributed by atoms with van der Waals surface area (Å²) in [5.74, 6) is 1.53. The molecule has 1 unspecified atom stereocenters. The van der Waals surface area contributed by atoms with Gasteiger partial charge in [0.1, 0.15) is 5.75 Å². The summed E-state index contributed by atoms with van der Waals surface area (Å²) in [6.45, 7) is 4.88. The molecule has 7 heteroatoms. The van der Waals surface area contributed by atoms with Crippen molar-refractivity contribution in [2.75, 3.05) is 11.9 Å². The molecular formula is C27H27N5O2. The minimum Gasteiger partial charge on any atom is -0.491 e. The number of rotatable bonds is 5. The first-order chi connectivity index (χ1) is 16.6. The number of hydrogen-bond donors (Lipinski definition) is 2. The Kier molecular flexibility index (Phi) is 6.08. The number of ether oxygens (including phenoxy) is 1. The molecule has 0 saturated carbocycles. The van der Waals surface area contributed by atoms with E-state index in [1.807, 2.05) is 61.5 Å². The van der Waals surface area contributed by atoms with E-state index in [9.17, 15) is 4.79 Å². The van der Waals surface area contributed by atoms with Crippen LogP contribution in [0.1, 0.15) is 42.4 Å². The molecule has 1 aromatic heterocycles. The average molecular weight is 454 g/mol. The van der Waals surface area contributed by atoms with Crippen molar-refractivity contribution in [3.8, 4) is 28.3 Å². The molecule has 172 valence electrons. The van der Waals surface area contributed by atoms with Crippen LogP contribution in [0.2, 0.25) is 0 Å². The van der Waals surface area contributed by atoms with E-state index in [1.54, 1.807) is 0 Å². The van der Waals surface area contributed by atoms with Crippen LogP contribution in [0, 0.1) is 6.92 Å². The number of tetrazole rings is 1. The van der Waals surface area contributed by atoms with Crippen LogP contribution in [0.5, 0.6) is 5.75 Å². The van der Waals surface area contributed by atoms with Crippen molar-refractivity contribution >= 4 is 11.6 Å². The molecule has 2 heterocycles. The lowest BCUT2D eigenvalue weighted by atomic mass is 9.90. The number of nitrogens with one attached hydrogen (secondary N) is 2. The Labute approximate surface area is 198 Å². The molecule has 3 aromatic carbocycles. The molecule has 0 fully saturated rings. The number of anilines is 1. The zero-order chi connectivity index (χ0) is 23.5. The Morgan fingerprint density at radius 3 is 2.68 bits per heavy atom. The molecule has 0 aliphatic carbocycles. The van der Waals surface area contributed by atoms with Crippen LogP contribution in [0.15, 0.2) is 60.7 Å². The number of fused-ring (bicyclic) bond motifs is 1. The lowest BCUT2D eigenvalue weighted by Crippen LogP contribution is -2.16. The predicted octanol–water partition coefficient (Wildman–Crippen LogP) is 5.30. The molecule has 34 heavy (non-hydrogen) atoms. The molecule has 0 spiro atoms. The summed E-state index contributed by atoms with van der Waals surface area (Å²) < 4.78 is 6.16. The van der Waals surface area contributed by atoms with Gasteiger partial charge in [-0.1, -0.05) is 61.0 Å². The van der Waals surface area contributed by atoms with Gasteiger partial charge in [0, 0.05) is 5.56 Å². The van der Waals surface area contributed by atoms with Crippen molar-refractivity contribution in [2.45, 2.75) is 39.0 Å². The zero-order valence-corrected chi connectivity index (χ0v) is 19.3. The van der Waals surface area contributed by atoms with Gasteiger partial charge in [0.2, 0.25) is 11.7 Å². The van der Waals surface area contributed by atoms with Gasteiger partial charge in [-0.05, 0) is 65.3 Å². The molecule has 1 aliphatic heterocycles. The Bertz CT molecular complexity index is 1300. The minimum atomic E-state index is -0.0739. The van der Waals surface area contributed by atoms with Crippen molar-refractivity contribution in [1.29, 1.82) is 0 Å². The van der Waals surface area contributed by atoms with Crippen LogP contribution >= 0.6 is 0 Å². The predicted molar refractivity (Wildman–Crippen MR) is 132 cm³/mol. The number of aromatic amines is 1. The molecule has 4 aromatic rings. The topological polar surface area (TPSA) is 92.8 Å². The monoisotopic (exact) mass is 453 g/mol. The Hall–Kier alpha value is -4.00. The number of carbonyl (C=O) groups excluding carboxylic acids is 1. The third kappa shape index (κ3) is 4.55. The zero-order valence-electron chi connectivity index (χ0n) is 19.3. The first-order valence-electron chi connectivity index (χ1n) is 11.6. The molecule has 0 radical (unpaired) electrons. The third-order valence-electron chi connectivity index (χ3n) is 6.26. The van der Waals surface area contributed by atoms with Crippen LogP contribution in [0.3, 0.4) is 0 Å². The molecule has 1 aliphatic rings. The summed E-state index contributed by atoms with van der Waals surface area (Å²) in [5.41, 5.74) is 6.76. The maximum atomic E-state index is 13.0. The standard InChI is InChI=1S/C27H27N5O2/c1-17-9-11-19(12-10-17)14-25(33)28-24-16-20(15-23-18(2)6-5-13-34-26(23)24)21-7-3-4-8-22(21)27-29-31-32-30-27/h3-4,7-12,15-16,18H,5-6,13-14H2,1-2H3,(H,28,33)(H,29,30,31,32). The van der Waals surface area contributed by atoms with Crippen LogP contribution in [-0.2, 0) is 11.2 Å². The highest BCUT2D eigenvalue weighted by molar-refractivity contribution is 5.95. The van der Waals surface area contributed by atoms with E-state index < -0.39 is 0 Å². The van der Waals surface area contributed by atoms with E-state index in [1.165, 1.54) is 5.56 Å². The number of nitrogens with zero attached hydrogens (tertiary/aromatic N) is 3. The van der Waals surface area contributed by atoms with Crippen molar-refractivity contribution in [3.05, 3.63) is 77.4 Å². The van der Waals surface area contributed by atoms with E-state index in [4.69, 9.17) is 4.74 Å². The summed E-state index contributed by atoms with van der Waals surface area (Å²) in [4.78, 5) is 13.0. The smallest absolute Gasteiger partial charge is 0.228 e. The Morgan fingerprint density at radius 2 is 1.91 bits per heavy atom. The summed E-state index contributed by atoms with van der Waals surface area (Å²) in [5, 5.41) is 17.7. The molecule has 0 saturated heterocycles. The second-order valence-corrected chi connectivity index (χ2v) is 8.83. The van der Waals surface area contributed by atoms with Gasteiger partial charge in [0.15, 0.2) is 0 Å². The van der Waals surface area contributed by atoms with E-state index >= 15 is 0 Å². The summed E-state index contributed by atoms with van der Waals surface area (Å²) in [7, 11) is 0. The quantitative estimate of drug-likeness (QED) is 0.428. The summed E-state index contributed by atoms with van der Waals surface area (Å²) in [6.07, 6.45) is 2.30. The number of benzene rings is 3. The average Bonchev–Trinajstić information content (AvgIpc) is 3.31. The van der Waals surface area contributed by atoms with Gasteiger partial charge in [-0.25, -0.2) is 0 Å². The highest BCUT2D eigenvalue weighted by atomic mass is 16.5. The van der Waals surface area contributed by atoms with Gasteiger partial charge in [-0.3, -0.25) is 4.79 Å². The first kappa shape index (κ1) is 21.8. The van der Waals surface area contributed by atoms with Gasteiger partial charge >= 0.3 is 0 Å². The normalized spacial score (nSPS) is 15.2. The molecule has 1 amide bonds. The maximum absolute atomic E-state index is 13.0. The molecule has 0 bridgehead atoms. The number of hydrogen-bond acceptors (Lipinski definition) is 5. The number of aryl methyl sites for hydroxylation is 1. The van der Waals surface area contributed by atoms with E-state index in [0.29, 0.717) is 30.5 Å². The highest BCUT2D eigenvalue weighted by Crippen LogP contribution is 2.43. The van der Waals surface area contributed by atoms with E-state index in [0.717, 1.165) is 46.4 Å². The second-order valence-electron chi connectivity index (χ2n) is 8.83. The SMILES string of the molecule is Cc1ccc(CC(=O)Nc2cc(-c3ccccc3-c3nn[nH]n3)cc3c2OCCCC3C)cc1. The molecule has 7 nitrogen and oxygen atoms in total. The van der Waals surface area contributed by atoms with Crippen LogP contribution in [-0.4, -0.2) is 33.1 Å². The van der Waals surface area contributed by atoms with Crippen LogP contribution in [0.4, 0.5) is 5.69 Å². The maximum Gasteiger partial charge on any atom is 0.228 e. The van der Waals surface area contributed by atoms with Gasteiger partial charge in [-0.15, -0.1) is 10.2 Å². The van der Waals surface area contributed by atoms with Crippen molar-refractivity contribution in [2.24, 2.45) is 0 Å². The third-order valence-corrected chi connectivity index (χ3v) is 6.26. The van der Waals surface area contributed by atoms with Gasteiger partial charge in [0.25, 0.3) is 0 Å². The summed E-state index contributed by atoms with van der Waals surface area (Å²) >= 11 is 0. The fraction of sp³-hybridized carbons (Fsp3) is 0.259. The lowest BCUT2D eigenvalue weighted by molar-refractivity contribution is -0.115. The van der Waals surface area contributed by atoms with Crippen molar-refractivity contribution < 1.29 is 9.53 Å². The van der Waals surface area contributed by atoms with Crippen LogP contribution in [0.25, 0.3) is 22.5 Å². The Morgan fingerprint density at radius 1 is 1.12 bits per heavy atom. The number of amides is 1. The molecule has 2 N–H and O–H groups in total. The minimum absolute atomic E-state index is 0.0739. The van der Waals surface area contributed by atoms with Crippen molar-refractivity contribution in [3.63, 3.8) is 0 Å². The number of aromatic nitrogens is 4.